The van der Waals surface area contributed by atoms with Crippen LogP contribution in [0.25, 0.3) is 0 Å². The third-order valence-corrected chi connectivity index (χ3v) is 4.71. The molecule has 0 saturated heterocycles. The molecule has 0 atom stereocenters. The molecule has 1 aliphatic heterocycles. The van der Waals surface area contributed by atoms with Crippen LogP contribution in [0.4, 0.5) is 5.95 Å². The van der Waals surface area contributed by atoms with Crippen LogP contribution in [0.3, 0.4) is 0 Å². The fourth-order valence-corrected chi connectivity index (χ4v) is 3.54. The quantitative estimate of drug-likeness (QED) is 0.844. The minimum absolute atomic E-state index is 0.0337. The lowest BCUT2D eigenvalue weighted by atomic mass is 10.1. The van der Waals surface area contributed by atoms with Gasteiger partial charge in [-0.15, -0.1) is 0 Å². The van der Waals surface area contributed by atoms with Gasteiger partial charge < -0.3 is 14.8 Å². The summed E-state index contributed by atoms with van der Waals surface area (Å²) in [5.41, 5.74) is 2.79. The smallest absolute Gasteiger partial charge is 0.256 e. The van der Waals surface area contributed by atoms with E-state index >= 15 is 0 Å². The van der Waals surface area contributed by atoms with Gasteiger partial charge in [-0.1, -0.05) is 6.07 Å². The molecule has 23 heavy (non-hydrogen) atoms. The minimum Gasteiger partial charge on any atom is -0.493 e. The van der Waals surface area contributed by atoms with Crippen molar-refractivity contribution in [3.63, 3.8) is 0 Å². The fraction of sp³-hybridized carbons (Fsp3) is 0.375. The van der Waals surface area contributed by atoms with Crippen molar-refractivity contribution in [3.8, 4) is 11.5 Å². The molecule has 122 valence electrons. The molecule has 0 unspecified atom stereocenters. The molecule has 2 heterocycles. The average molecular weight is 333 g/mol. The third-order valence-electron chi connectivity index (χ3n) is 3.74. The molecule has 6 nitrogen and oxygen atoms in total. The fourth-order valence-electron chi connectivity index (χ4n) is 2.51. The summed E-state index contributed by atoms with van der Waals surface area (Å²) in [5, 5.41) is 3.18. The van der Waals surface area contributed by atoms with Gasteiger partial charge in [-0.05, 0) is 24.1 Å². The number of hydrogen-bond donors (Lipinski definition) is 2. The summed E-state index contributed by atoms with van der Waals surface area (Å²) in [5.74, 6) is 3.53. The van der Waals surface area contributed by atoms with Crippen LogP contribution in [-0.4, -0.2) is 30.7 Å². The molecule has 7 heteroatoms. The summed E-state index contributed by atoms with van der Waals surface area (Å²) in [7, 11) is 3.24. The maximum atomic E-state index is 11.9. The van der Waals surface area contributed by atoms with E-state index in [0.717, 1.165) is 34.7 Å². The standard InChI is InChI=1S/C16H19N3O3S/c1-21-13-4-3-10(7-14(13)22-2)5-6-17-16-18-12-9-23-8-11(12)15(20)19-16/h3-4,7H,5-6,8-9H2,1-2H3,(H2,17,18,19,20). The molecular formula is C16H19N3O3S. The molecule has 0 saturated carbocycles. The molecule has 0 spiro atoms. The van der Waals surface area contributed by atoms with E-state index < -0.39 is 0 Å². The lowest BCUT2D eigenvalue weighted by Gasteiger charge is -2.10. The highest BCUT2D eigenvalue weighted by molar-refractivity contribution is 7.98. The lowest BCUT2D eigenvalue weighted by Crippen LogP contribution is -2.18. The third kappa shape index (κ3) is 3.44. The highest BCUT2D eigenvalue weighted by atomic mass is 32.2. The molecule has 2 aromatic rings. The van der Waals surface area contributed by atoms with Crippen LogP contribution in [-0.2, 0) is 17.9 Å². The Morgan fingerprint density at radius 2 is 2.09 bits per heavy atom. The highest BCUT2D eigenvalue weighted by Gasteiger charge is 2.17. The van der Waals surface area contributed by atoms with E-state index in [1.807, 2.05) is 18.2 Å². The lowest BCUT2D eigenvalue weighted by molar-refractivity contribution is 0.354. The zero-order valence-corrected chi connectivity index (χ0v) is 14.0. The molecule has 3 rings (SSSR count). The molecule has 1 aromatic heterocycles. The number of methoxy groups -OCH3 is 2. The topological polar surface area (TPSA) is 76.2 Å². The van der Waals surface area contributed by atoms with Gasteiger partial charge in [-0.3, -0.25) is 9.78 Å². The summed E-state index contributed by atoms with van der Waals surface area (Å²) < 4.78 is 10.5. The Morgan fingerprint density at radius 1 is 1.26 bits per heavy atom. The van der Waals surface area contributed by atoms with Crippen molar-refractivity contribution in [1.29, 1.82) is 0 Å². The average Bonchev–Trinajstić information content (AvgIpc) is 3.04. The Labute approximate surface area is 138 Å². The number of fused-ring (bicyclic) bond motifs is 1. The number of aromatic amines is 1. The maximum Gasteiger partial charge on any atom is 0.256 e. The van der Waals surface area contributed by atoms with Crippen molar-refractivity contribution in [3.05, 3.63) is 45.4 Å². The number of ether oxygens (including phenoxy) is 2. The molecule has 0 fully saturated rings. The van der Waals surface area contributed by atoms with Crippen molar-refractivity contribution in [2.75, 3.05) is 26.1 Å². The van der Waals surface area contributed by atoms with Crippen molar-refractivity contribution >= 4 is 17.7 Å². The first-order valence-corrected chi connectivity index (χ1v) is 8.51. The molecule has 0 bridgehead atoms. The molecule has 0 aliphatic carbocycles. The van der Waals surface area contributed by atoms with Gasteiger partial charge in [0.2, 0.25) is 5.95 Å². The monoisotopic (exact) mass is 333 g/mol. The second-order valence-electron chi connectivity index (χ2n) is 5.20. The van der Waals surface area contributed by atoms with Crippen LogP contribution in [0.15, 0.2) is 23.0 Å². The Kier molecular flexibility index (Phi) is 4.76. The minimum atomic E-state index is -0.0337. The zero-order chi connectivity index (χ0) is 16.2. The predicted octanol–water partition coefficient (Wildman–Crippen LogP) is 2.19. The van der Waals surface area contributed by atoms with E-state index in [0.29, 0.717) is 24.0 Å². The van der Waals surface area contributed by atoms with Crippen LogP contribution in [0.5, 0.6) is 11.5 Å². The van der Waals surface area contributed by atoms with Crippen molar-refractivity contribution in [2.45, 2.75) is 17.9 Å². The van der Waals surface area contributed by atoms with Gasteiger partial charge in [0.25, 0.3) is 5.56 Å². The SMILES string of the molecule is COc1ccc(CCNc2nc3c(c(=O)[nH]2)CSC3)cc1OC. The van der Waals surface area contributed by atoms with Gasteiger partial charge >= 0.3 is 0 Å². The number of H-pyrrole nitrogens is 1. The first-order chi connectivity index (χ1) is 11.2. The molecular weight excluding hydrogens is 314 g/mol. The Morgan fingerprint density at radius 3 is 2.87 bits per heavy atom. The number of rotatable bonds is 6. The van der Waals surface area contributed by atoms with Crippen LogP contribution < -0.4 is 20.3 Å². The van der Waals surface area contributed by atoms with E-state index in [9.17, 15) is 4.79 Å². The van der Waals surface area contributed by atoms with Gasteiger partial charge in [0.05, 0.1) is 19.9 Å². The number of thioether (sulfide) groups is 1. The summed E-state index contributed by atoms with van der Waals surface area (Å²) in [6, 6.07) is 5.84. The van der Waals surface area contributed by atoms with E-state index in [1.165, 1.54) is 0 Å². The highest BCUT2D eigenvalue weighted by Crippen LogP contribution is 2.28. The Hall–Kier alpha value is -2.15. The van der Waals surface area contributed by atoms with Gasteiger partial charge in [-0.25, -0.2) is 4.98 Å². The molecule has 1 aromatic carbocycles. The normalized spacial score (nSPS) is 12.8. The van der Waals surface area contributed by atoms with E-state index in [2.05, 4.69) is 15.3 Å². The number of anilines is 1. The van der Waals surface area contributed by atoms with Gasteiger partial charge in [0, 0.05) is 23.6 Å². The van der Waals surface area contributed by atoms with Gasteiger partial charge in [0.1, 0.15) is 0 Å². The zero-order valence-electron chi connectivity index (χ0n) is 13.1. The second-order valence-corrected chi connectivity index (χ2v) is 6.18. The number of nitrogens with zero attached hydrogens (tertiary/aromatic N) is 1. The largest absolute Gasteiger partial charge is 0.493 e. The number of hydrogen-bond acceptors (Lipinski definition) is 6. The predicted molar refractivity (Wildman–Crippen MR) is 91.6 cm³/mol. The molecule has 0 radical (unpaired) electrons. The summed E-state index contributed by atoms with van der Waals surface area (Å²) in [6.07, 6.45) is 0.788. The van der Waals surface area contributed by atoms with Crippen LogP contribution in [0.1, 0.15) is 16.8 Å². The maximum absolute atomic E-state index is 11.9. The van der Waals surface area contributed by atoms with E-state index in [4.69, 9.17) is 9.47 Å². The van der Waals surface area contributed by atoms with Crippen LogP contribution in [0, 0.1) is 0 Å². The first kappa shape index (κ1) is 15.7. The van der Waals surface area contributed by atoms with Crippen molar-refractivity contribution in [1.82, 2.24) is 9.97 Å². The van der Waals surface area contributed by atoms with Gasteiger partial charge in [-0.2, -0.15) is 11.8 Å². The Balaban J connectivity index is 1.64. The summed E-state index contributed by atoms with van der Waals surface area (Å²) in [4.78, 5) is 19.2. The number of aromatic nitrogens is 2. The van der Waals surface area contributed by atoms with Crippen molar-refractivity contribution in [2.24, 2.45) is 0 Å². The summed E-state index contributed by atoms with van der Waals surface area (Å²) in [6.45, 7) is 0.671. The van der Waals surface area contributed by atoms with Crippen molar-refractivity contribution < 1.29 is 9.47 Å². The van der Waals surface area contributed by atoms with Crippen LogP contribution >= 0.6 is 11.8 Å². The van der Waals surface area contributed by atoms with Crippen LogP contribution in [0.2, 0.25) is 0 Å². The second kappa shape index (κ2) is 6.95. The Bertz CT molecular complexity index is 761. The first-order valence-electron chi connectivity index (χ1n) is 7.36. The molecule has 1 aliphatic rings. The summed E-state index contributed by atoms with van der Waals surface area (Å²) >= 11 is 1.72. The number of benzene rings is 1. The van der Waals surface area contributed by atoms with E-state index in [-0.39, 0.29) is 5.56 Å². The number of nitrogens with one attached hydrogen (secondary N) is 2. The molecule has 2 N–H and O–H groups in total. The van der Waals surface area contributed by atoms with Gasteiger partial charge in [0.15, 0.2) is 11.5 Å². The molecule has 0 amide bonds. The van der Waals surface area contributed by atoms with E-state index in [1.54, 1.807) is 26.0 Å².